The van der Waals surface area contributed by atoms with Crippen LogP contribution in [0.15, 0.2) is 18.2 Å². The van der Waals surface area contributed by atoms with Gasteiger partial charge in [0.2, 0.25) is 0 Å². The van der Waals surface area contributed by atoms with E-state index in [1.165, 1.54) is 12.1 Å². The third-order valence-electron chi connectivity index (χ3n) is 2.71. The third kappa shape index (κ3) is 7.38. The van der Waals surface area contributed by atoms with Crippen LogP contribution in [0, 0.1) is 11.7 Å². The molecule has 0 fully saturated rings. The molecule has 1 aromatic rings. The summed E-state index contributed by atoms with van der Waals surface area (Å²) >= 11 is 5.67. The molecule has 0 saturated carbocycles. The first-order chi connectivity index (χ1) is 9.09. The van der Waals surface area contributed by atoms with Gasteiger partial charge < -0.3 is 10.1 Å². The molecule has 0 aliphatic carbocycles. The quantitative estimate of drug-likeness (QED) is 0.685. The van der Waals surface area contributed by atoms with Crippen LogP contribution in [0.4, 0.5) is 4.39 Å². The van der Waals surface area contributed by atoms with E-state index in [0.717, 1.165) is 32.4 Å². The van der Waals surface area contributed by atoms with Crippen molar-refractivity contribution in [1.82, 2.24) is 5.32 Å². The fourth-order valence-electron chi connectivity index (χ4n) is 1.68. The van der Waals surface area contributed by atoms with E-state index in [0.29, 0.717) is 18.3 Å². The highest BCUT2D eigenvalue weighted by atomic mass is 35.5. The maximum Gasteiger partial charge on any atom is 0.142 e. The van der Waals surface area contributed by atoms with E-state index in [2.05, 4.69) is 19.2 Å². The van der Waals surface area contributed by atoms with Crippen molar-refractivity contribution in [3.63, 3.8) is 0 Å². The average Bonchev–Trinajstić information content (AvgIpc) is 2.36. The number of nitrogens with one attached hydrogen (secondary N) is 1. The van der Waals surface area contributed by atoms with Crippen LogP contribution in [-0.4, -0.2) is 19.7 Å². The van der Waals surface area contributed by atoms with Crippen LogP contribution in [0.3, 0.4) is 0 Å². The Bertz CT molecular complexity index is 371. The maximum absolute atomic E-state index is 12.9. The first-order valence-corrected chi connectivity index (χ1v) is 7.26. The highest BCUT2D eigenvalue weighted by Crippen LogP contribution is 2.21. The van der Waals surface area contributed by atoms with E-state index in [4.69, 9.17) is 16.3 Å². The molecule has 19 heavy (non-hydrogen) atoms. The minimum Gasteiger partial charge on any atom is -0.494 e. The summed E-state index contributed by atoms with van der Waals surface area (Å²) < 4.78 is 18.4. The lowest BCUT2D eigenvalue weighted by Crippen LogP contribution is -2.20. The Morgan fingerprint density at radius 2 is 2.05 bits per heavy atom. The third-order valence-corrected chi connectivity index (χ3v) is 3.00. The highest BCUT2D eigenvalue weighted by molar-refractivity contribution is 6.30. The van der Waals surface area contributed by atoms with E-state index in [-0.39, 0.29) is 5.02 Å². The molecule has 1 rings (SSSR count). The van der Waals surface area contributed by atoms with Crippen LogP contribution in [-0.2, 0) is 0 Å². The van der Waals surface area contributed by atoms with Crippen LogP contribution in [0.5, 0.6) is 5.75 Å². The average molecular weight is 288 g/mol. The summed E-state index contributed by atoms with van der Waals surface area (Å²) in [6.45, 7) is 7.18. The lowest BCUT2D eigenvalue weighted by Gasteiger charge is -2.08. The second-order valence-electron chi connectivity index (χ2n) is 5.08. The number of hydrogen-bond acceptors (Lipinski definition) is 2. The van der Waals surface area contributed by atoms with Crippen molar-refractivity contribution in [2.45, 2.75) is 33.1 Å². The Morgan fingerprint density at radius 3 is 2.74 bits per heavy atom. The van der Waals surface area contributed by atoms with Gasteiger partial charge in [-0.25, -0.2) is 4.39 Å². The van der Waals surface area contributed by atoms with Gasteiger partial charge in [-0.05, 0) is 50.4 Å². The lowest BCUT2D eigenvalue weighted by molar-refractivity contribution is 0.304. The molecule has 0 aromatic heterocycles. The van der Waals surface area contributed by atoms with Gasteiger partial charge in [0.1, 0.15) is 11.6 Å². The molecule has 0 unspecified atom stereocenters. The van der Waals surface area contributed by atoms with E-state index in [1.54, 1.807) is 6.07 Å². The molecule has 0 spiro atoms. The van der Waals surface area contributed by atoms with Crippen molar-refractivity contribution in [2.75, 3.05) is 19.7 Å². The number of rotatable bonds is 9. The van der Waals surface area contributed by atoms with Crippen molar-refractivity contribution in [3.8, 4) is 5.75 Å². The summed E-state index contributed by atoms with van der Waals surface area (Å²) in [5.74, 6) is 0.918. The smallest absolute Gasteiger partial charge is 0.142 e. The van der Waals surface area contributed by atoms with E-state index in [1.807, 2.05) is 0 Å². The normalized spacial score (nSPS) is 11.0. The van der Waals surface area contributed by atoms with E-state index >= 15 is 0 Å². The summed E-state index contributed by atoms with van der Waals surface area (Å²) in [4.78, 5) is 0. The summed E-state index contributed by atoms with van der Waals surface area (Å²) in [6, 6.07) is 4.44. The molecule has 2 nitrogen and oxygen atoms in total. The summed E-state index contributed by atoms with van der Waals surface area (Å²) in [6.07, 6.45) is 3.28. The molecule has 0 radical (unpaired) electrons. The molecule has 0 heterocycles. The van der Waals surface area contributed by atoms with Crippen molar-refractivity contribution in [2.24, 2.45) is 5.92 Å². The molecule has 0 atom stereocenters. The summed E-state index contributed by atoms with van der Waals surface area (Å²) in [5, 5.41) is 3.51. The molecule has 0 aliphatic heterocycles. The zero-order valence-corrected chi connectivity index (χ0v) is 12.5. The van der Waals surface area contributed by atoms with Crippen LogP contribution >= 0.6 is 11.6 Å². The molecule has 0 saturated heterocycles. The number of halogens is 2. The fourth-order valence-corrected chi connectivity index (χ4v) is 1.85. The molecule has 1 aromatic carbocycles. The minimum absolute atomic E-state index is 0.107. The molecule has 1 N–H and O–H groups in total. The van der Waals surface area contributed by atoms with Gasteiger partial charge >= 0.3 is 0 Å². The first kappa shape index (κ1) is 16.3. The molecule has 4 heteroatoms. The van der Waals surface area contributed by atoms with E-state index < -0.39 is 5.82 Å². The van der Waals surface area contributed by atoms with Gasteiger partial charge in [-0.2, -0.15) is 0 Å². The van der Waals surface area contributed by atoms with Gasteiger partial charge in [-0.3, -0.25) is 0 Å². The predicted molar refractivity (Wildman–Crippen MR) is 78.5 cm³/mol. The van der Waals surface area contributed by atoms with Gasteiger partial charge in [0.05, 0.1) is 11.6 Å². The topological polar surface area (TPSA) is 21.3 Å². The number of hydrogen-bond donors (Lipinski definition) is 1. The molecule has 0 aliphatic rings. The molecule has 108 valence electrons. The standard InChI is InChI=1S/C15H23ClFNO/c1-12(2)11-18-8-4-3-5-9-19-13-6-7-15(17)14(16)10-13/h6-7,10,12,18H,3-5,8-9,11H2,1-2H3. The molecule has 0 bridgehead atoms. The van der Waals surface area contributed by atoms with Crippen LogP contribution in [0.25, 0.3) is 0 Å². The molecular formula is C15H23ClFNO. The Labute approximate surface area is 120 Å². The van der Waals surface area contributed by atoms with Crippen molar-refractivity contribution < 1.29 is 9.13 Å². The minimum atomic E-state index is -0.412. The number of benzene rings is 1. The molecular weight excluding hydrogens is 265 g/mol. The zero-order chi connectivity index (χ0) is 14.1. The lowest BCUT2D eigenvalue weighted by atomic mass is 10.2. The number of unbranched alkanes of at least 4 members (excludes halogenated alkanes) is 2. The Kier molecular flexibility index (Phi) is 7.84. The summed E-state index contributed by atoms with van der Waals surface area (Å²) in [7, 11) is 0. The second-order valence-corrected chi connectivity index (χ2v) is 5.49. The van der Waals surface area contributed by atoms with Crippen LogP contribution in [0.1, 0.15) is 33.1 Å². The predicted octanol–water partition coefficient (Wildman–Crippen LogP) is 4.27. The van der Waals surface area contributed by atoms with Crippen molar-refractivity contribution in [3.05, 3.63) is 29.0 Å². The summed E-state index contributed by atoms with van der Waals surface area (Å²) in [5.41, 5.74) is 0. The van der Waals surface area contributed by atoms with Gasteiger partial charge in [0.25, 0.3) is 0 Å². The van der Waals surface area contributed by atoms with Gasteiger partial charge in [0.15, 0.2) is 0 Å². The fraction of sp³-hybridized carbons (Fsp3) is 0.600. The van der Waals surface area contributed by atoms with E-state index in [9.17, 15) is 4.39 Å². The largest absolute Gasteiger partial charge is 0.494 e. The van der Waals surface area contributed by atoms with Gasteiger partial charge in [0, 0.05) is 6.07 Å². The van der Waals surface area contributed by atoms with Crippen molar-refractivity contribution in [1.29, 1.82) is 0 Å². The highest BCUT2D eigenvalue weighted by Gasteiger charge is 2.01. The van der Waals surface area contributed by atoms with Gasteiger partial charge in [-0.15, -0.1) is 0 Å². The Balaban J connectivity index is 2.03. The van der Waals surface area contributed by atoms with Crippen LogP contribution in [0.2, 0.25) is 5.02 Å². The number of ether oxygens (including phenoxy) is 1. The Morgan fingerprint density at radius 1 is 1.26 bits per heavy atom. The SMILES string of the molecule is CC(C)CNCCCCCOc1ccc(F)c(Cl)c1. The Hall–Kier alpha value is -0.800. The first-order valence-electron chi connectivity index (χ1n) is 6.88. The molecule has 0 amide bonds. The maximum atomic E-state index is 12.9. The zero-order valence-electron chi connectivity index (χ0n) is 11.7. The van der Waals surface area contributed by atoms with Gasteiger partial charge in [-0.1, -0.05) is 25.4 Å². The van der Waals surface area contributed by atoms with Crippen LogP contribution < -0.4 is 10.1 Å². The monoisotopic (exact) mass is 287 g/mol. The second kappa shape index (κ2) is 9.16. The van der Waals surface area contributed by atoms with Crippen molar-refractivity contribution >= 4 is 11.6 Å².